The summed E-state index contributed by atoms with van der Waals surface area (Å²) in [6.45, 7) is 2.99. The van der Waals surface area contributed by atoms with E-state index in [1.165, 1.54) is 0 Å². The van der Waals surface area contributed by atoms with Crippen LogP contribution in [0.25, 0.3) is 0 Å². The topological polar surface area (TPSA) is 49.4 Å². The third-order valence-corrected chi connectivity index (χ3v) is 4.73. The normalized spacial score (nSPS) is 18.5. The fourth-order valence-electron chi connectivity index (χ4n) is 2.95. The van der Waals surface area contributed by atoms with Gasteiger partial charge in [-0.2, -0.15) is 0 Å². The molecule has 2 aromatic rings. The van der Waals surface area contributed by atoms with Crippen molar-refractivity contribution in [2.45, 2.75) is 19.9 Å². The van der Waals surface area contributed by atoms with Crippen molar-refractivity contribution >= 4 is 29.1 Å². The van der Waals surface area contributed by atoms with E-state index >= 15 is 0 Å². The van der Waals surface area contributed by atoms with E-state index in [-0.39, 0.29) is 23.7 Å². The zero-order chi connectivity index (χ0) is 17.8. The van der Waals surface area contributed by atoms with Gasteiger partial charge in [-0.25, -0.2) is 0 Å². The van der Waals surface area contributed by atoms with E-state index in [0.717, 1.165) is 11.3 Å². The van der Waals surface area contributed by atoms with Crippen LogP contribution in [0, 0.1) is 11.8 Å². The number of benzene rings is 2. The van der Waals surface area contributed by atoms with Crippen molar-refractivity contribution in [3.05, 3.63) is 65.2 Å². The standard InChI is InChI=1S/C20H21ClN2O2/c1-2-23(16-6-4-3-5-7-16)20(25)18-12-17(18)19(24)22-13-14-8-10-15(21)11-9-14/h3-11,17-18H,2,12-13H2,1H3,(H,22,24). The van der Waals surface area contributed by atoms with Gasteiger partial charge in [0.05, 0.1) is 11.8 Å². The van der Waals surface area contributed by atoms with Gasteiger partial charge in [0.2, 0.25) is 11.8 Å². The minimum Gasteiger partial charge on any atom is -0.352 e. The summed E-state index contributed by atoms with van der Waals surface area (Å²) in [6, 6.07) is 16.9. The Kier molecular flexibility index (Phi) is 5.39. The van der Waals surface area contributed by atoms with Crippen LogP contribution in [0.2, 0.25) is 5.02 Å². The Hall–Kier alpha value is -2.33. The molecular weight excluding hydrogens is 336 g/mol. The van der Waals surface area contributed by atoms with Gasteiger partial charge >= 0.3 is 0 Å². The Balaban J connectivity index is 1.55. The molecule has 1 fully saturated rings. The highest BCUT2D eigenvalue weighted by Gasteiger charge is 2.49. The fraction of sp³-hybridized carbons (Fsp3) is 0.300. The monoisotopic (exact) mass is 356 g/mol. The third-order valence-electron chi connectivity index (χ3n) is 4.47. The maximum absolute atomic E-state index is 12.7. The molecule has 0 saturated heterocycles. The van der Waals surface area contributed by atoms with E-state index < -0.39 is 0 Å². The smallest absolute Gasteiger partial charge is 0.230 e. The Labute approximate surface area is 152 Å². The van der Waals surface area contributed by atoms with Crippen LogP contribution in [-0.4, -0.2) is 18.4 Å². The molecule has 2 aromatic carbocycles. The number of nitrogens with zero attached hydrogens (tertiary/aromatic N) is 1. The van der Waals surface area contributed by atoms with Gasteiger partial charge in [0, 0.05) is 23.8 Å². The van der Waals surface area contributed by atoms with E-state index in [2.05, 4.69) is 5.32 Å². The molecule has 4 nitrogen and oxygen atoms in total. The summed E-state index contributed by atoms with van der Waals surface area (Å²) < 4.78 is 0. The minimum atomic E-state index is -0.224. The lowest BCUT2D eigenvalue weighted by atomic mass is 10.2. The molecule has 2 unspecified atom stereocenters. The second-order valence-electron chi connectivity index (χ2n) is 6.21. The van der Waals surface area contributed by atoms with Crippen LogP contribution in [0.3, 0.4) is 0 Å². The SMILES string of the molecule is CCN(C(=O)C1CC1C(=O)NCc1ccc(Cl)cc1)c1ccccc1. The molecule has 1 N–H and O–H groups in total. The average molecular weight is 357 g/mol. The van der Waals surface area contributed by atoms with Crippen molar-refractivity contribution in [3.8, 4) is 0 Å². The lowest BCUT2D eigenvalue weighted by Crippen LogP contribution is -2.34. The van der Waals surface area contributed by atoms with Crippen LogP contribution in [0.1, 0.15) is 18.9 Å². The Bertz CT molecular complexity index is 746. The lowest BCUT2D eigenvalue weighted by Gasteiger charge is -2.21. The van der Waals surface area contributed by atoms with Gasteiger partial charge in [-0.1, -0.05) is 41.9 Å². The number of hydrogen-bond donors (Lipinski definition) is 1. The maximum Gasteiger partial charge on any atom is 0.230 e. The van der Waals surface area contributed by atoms with E-state index in [1.807, 2.05) is 49.4 Å². The summed E-state index contributed by atoms with van der Waals surface area (Å²) in [5.41, 5.74) is 1.86. The van der Waals surface area contributed by atoms with E-state index in [0.29, 0.717) is 24.5 Å². The zero-order valence-corrected chi connectivity index (χ0v) is 14.9. The van der Waals surface area contributed by atoms with Gasteiger partial charge < -0.3 is 10.2 Å². The number of halogens is 1. The van der Waals surface area contributed by atoms with Crippen molar-refractivity contribution in [3.63, 3.8) is 0 Å². The van der Waals surface area contributed by atoms with Crippen molar-refractivity contribution in [2.24, 2.45) is 11.8 Å². The second kappa shape index (κ2) is 7.70. The molecule has 1 aliphatic rings. The van der Waals surface area contributed by atoms with Crippen LogP contribution in [0.4, 0.5) is 5.69 Å². The largest absolute Gasteiger partial charge is 0.352 e. The molecule has 2 amide bonds. The predicted molar refractivity (Wildman–Crippen MR) is 99.4 cm³/mol. The highest BCUT2D eigenvalue weighted by molar-refractivity contribution is 6.30. The summed E-state index contributed by atoms with van der Waals surface area (Å²) in [5, 5.41) is 3.58. The van der Waals surface area contributed by atoms with Crippen molar-refractivity contribution in [1.82, 2.24) is 5.32 Å². The molecule has 0 heterocycles. The van der Waals surface area contributed by atoms with Gasteiger partial charge in [-0.05, 0) is 43.2 Å². The van der Waals surface area contributed by atoms with Crippen LogP contribution in [-0.2, 0) is 16.1 Å². The average Bonchev–Trinajstić information content (AvgIpc) is 3.43. The number of hydrogen-bond acceptors (Lipinski definition) is 2. The quantitative estimate of drug-likeness (QED) is 0.859. The van der Waals surface area contributed by atoms with E-state index in [4.69, 9.17) is 11.6 Å². The number of rotatable bonds is 6. The molecule has 3 rings (SSSR count). The van der Waals surface area contributed by atoms with Gasteiger partial charge in [0.15, 0.2) is 0 Å². The number of carbonyl (C=O) groups is 2. The van der Waals surface area contributed by atoms with Crippen LogP contribution >= 0.6 is 11.6 Å². The molecule has 0 aromatic heterocycles. The highest BCUT2D eigenvalue weighted by atomic mass is 35.5. The Morgan fingerprint density at radius 1 is 1.08 bits per heavy atom. The van der Waals surface area contributed by atoms with Crippen molar-refractivity contribution in [2.75, 3.05) is 11.4 Å². The first-order chi connectivity index (χ1) is 12.1. The number of carbonyl (C=O) groups excluding carboxylic acids is 2. The van der Waals surface area contributed by atoms with Gasteiger partial charge in [-0.3, -0.25) is 9.59 Å². The van der Waals surface area contributed by atoms with E-state index in [1.54, 1.807) is 17.0 Å². The van der Waals surface area contributed by atoms with Crippen LogP contribution < -0.4 is 10.2 Å². The van der Waals surface area contributed by atoms with E-state index in [9.17, 15) is 9.59 Å². The number of amides is 2. The number of anilines is 1. The zero-order valence-electron chi connectivity index (χ0n) is 14.1. The molecule has 1 saturated carbocycles. The molecular formula is C20H21ClN2O2. The molecule has 1 aliphatic carbocycles. The number of nitrogens with one attached hydrogen (secondary N) is 1. The first kappa shape index (κ1) is 17.5. The number of para-hydroxylation sites is 1. The summed E-state index contributed by atoms with van der Waals surface area (Å²) >= 11 is 5.85. The van der Waals surface area contributed by atoms with Gasteiger partial charge in [0.25, 0.3) is 0 Å². The van der Waals surface area contributed by atoms with Gasteiger partial charge in [-0.15, -0.1) is 0 Å². The highest BCUT2D eigenvalue weighted by Crippen LogP contribution is 2.41. The summed E-state index contributed by atoms with van der Waals surface area (Å²) in [4.78, 5) is 26.7. The lowest BCUT2D eigenvalue weighted by molar-refractivity contribution is -0.126. The molecule has 5 heteroatoms. The molecule has 2 atom stereocenters. The van der Waals surface area contributed by atoms with Crippen LogP contribution in [0.5, 0.6) is 0 Å². The predicted octanol–water partition coefficient (Wildman–Crippen LogP) is 3.65. The van der Waals surface area contributed by atoms with Crippen LogP contribution in [0.15, 0.2) is 54.6 Å². The molecule has 25 heavy (non-hydrogen) atoms. The fourth-order valence-corrected chi connectivity index (χ4v) is 3.08. The molecule has 130 valence electrons. The first-order valence-corrected chi connectivity index (χ1v) is 8.86. The third kappa shape index (κ3) is 4.20. The maximum atomic E-state index is 12.7. The Morgan fingerprint density at radius 3 is 2.40 bits per heavy atom. The molecule has 0 bridgehead atoms. The molecule has 0 spiro atoms. The van der Waals surface area contributed by atoms with Crippen molar-refractivity contribution in [1.29, 1.82) is 0 Å². The summed E-state index contributed by atoms with van der Waals surface area (Å²) in [5.74, 6) is -0.472. The van der Waals surface area contributed by atoms with Crippen molar-refractivity contribution < 1.29 is 9.59 Å². The summed E-state index contributed by atoms with van der Waals surface area (Å²) in [6.07, 6.45) is 0.620. The molecule has 0 radical (unpaired) electrons. The first-order valence-electron chi connectivity index (χ1n) is 8.48. The molecule has 0 aliphatic heterocycles. The Morgan fingerprint density at radius 2 is 1.76 bits per heavy atom. The summed E-state index contributed by atoms with van der Waals surface area (Å²) in [7, 11) is 0. The second-order valence-corrected chi connectivity index (χ2v) is 6.65. The minimum absolute atomic E-state index is 0.0281. The van der Waals surface area contributed by atoms with Gasteiger partial charge in [0.1, 0.15) is 0 Å².